The Labute approximate surface area is 352 Å². The molecule has 3 amide bonds. The summed E-state index contributed by atoms with van der Waals surface area (Å²) in [7, 11) is 0. The molecule has 0 aliphatic carbocycles. The number of carboxylic acid groups (broad SMARTS) is 2. The zero-order valence-corrected chi connectivity index (χ0v) is 34.8. The summed E-state index contributed by atoms with van der Waals surface area (Å²) in [6.07, 6.45) is 15.4. The first kappa shape index (κ1) is 53.3. The molecule has 340 valence electrons. The third kappa shape index (κ3) is 32.2. The van der Waals surface area contributed by atoms with Gasteiger partial charge in [-0.2, -0.15) is 0 Å². The number of carbonyl (C=O) groups excluding carboxylic acids is 4. The van der Waals surface area contributed by atoms with Crippen LogP contribution in [0, 0.1) is 10.1 Å². The maximum atomic E-state index is 12.3. The second-order valence-corrected chi connectivity index (χ2v) is 14.1. The van der Waals surface area contributed by atoms with E-state index in [-0.39, 0.29) is 121 Å². The van der Waals surface area contributed by atoms with Crippen molar-refractivity contribution in [2.75, 3.05) is 65.9 Å². The summed E-state index contributed by atoms with van der Waals surface area (Å²) in [6, 6.07) is 3.91. The number of esters is 1. The molecule has 60 heavy (non-hydrogen) atoms. The molecule has 1 unspecified atom stereocenters. The largest absolute Gasteiger partial charge is 0.481 e. The molecule has 1 aromatic rings. The van der Waals surface area contributed by atoms with Crippen molar-refractivity contribution in [3.8, 4) is 5.75 Å². The first-order valence-electron chi connectivity index (χ1n) is 21.0. The molecule has 19 heteroatoms. The Morgan fingerprint density at radius 1 is 0.567 bits per heavy atom. The predicted molar refractivity (Wildman–Crippen MR) is 218 cm³/mol. The number of benzene rings is 1. The number of ether oxygens (including phenoxy) is 5. The number of hydrogen-bond donors (Lipinski definition) is 5. The van der Waals surface area contributed by atoms with Crippen molar-refractivity contribution >= 4 is 41.3 Å². The van der Waals surface area contributed by atoms with Crippen LogP contribution in [0.25, 0.3) is 0 Å². The number of nitro groups is 1. The summed E-state index contributed by atoms with van der Waals surface area (Å²) in [6.45, 7) is 0.885. The van der Waals surface area contributed by atoms with Crippen LogP contribution in [0.1, 0.15) is 116 Å². The van der Waals surface area contributed by atoms with E-state index in [1.165, 1.54) is 62.8 Å². The third-order valence-electron chi connectivity index (χ3n) is 8.95. The first-order chi connectivity index (χ1) is 29.0. The molecule has 0 saturated heterocycles. The lowest BCUT2D eigenvalue weighted by Gasteiger charge is -2.14. The fourth-order valence-corrected chi connectivity index (χ4v) is 5.70. The molecule has 0 aliphatic rings. The number of unbranched alkanes of at least 4 members (excludes halogenated alkanes) is 13. The zero-order chi connectivity index (χ0) is 44.1. The van der Waals surface area contributed by atoms with Gasteiger partial charge in [0.15, 0.2) is 0 Å². The minimum absolute atomic E-state index is 0.0375. The van der Waals surface area contributed by atoms with E-state index in [1.54, 1.807) is 0 Å². The van der Waals surface area contributed by atoms with Crippen LogP contribution in [-0.2, 0) is 47.7 Å². The van der Waals surface area contributed by atoms with Crippen molar-refractivity contribution < 1.29 is 67.6 Å². The van der Waals surface area contributed by atoms with Crippen molar-refractivity contribution in [2.24, 2.45) is 0 Å². The number of rotatable bonds is 40. The number of hydrogen-bond acceptors (Lipinski definition) is 13. The van der Waals surface area contributed by atoms with Gasteiger partial charge in [0.25, 0.3) is 5.69 Å². The van der Waals surface area contributed by atoms with Crippen molar-refractivity contribution in [3.63, 3.8) is 0 Å². The molecule has 0 heterocycles. The number of nitrogens with one attached hydrogen (secondary N) is 3. The lowest BCUT2D eigenvalue weighted by molar-refractivity contribution is -0.384. The van der Waals surface area contributed by atoms with Crippen LogP contribution in [0.4, 0.5) is 5.69 Å². The molecule has 1 atom stereocenters. The molecule has 0 spiro atoms. The molecule has 0 aliphatic heterocycles. The van der Waals surface area contributed by atoms with Crippen LogP contribution in [0.5, 0.6) is 5.75 Å². The standard InChI is InChI=1S/C41H66N4O15/c46-36(22-21-35(41(52)53)44-37(47)15-13-11-9-7-5-3-1-2-4-6-8-10-12-14-16-39(49)50)42-23-25-56-27-29-58-31-38(48)43-24-26-57-28-30-59-32-40(51)60-34-19-17-33(18-20-34)45(54)55/h17-20,35H,1-16,21-32H2,(H,42,46)(H,43,48)(H,44,47)(H,49,50)(H,52,53). The summed E-state index contributed by atoms with van der Waals surface area (Å²) in [4.78, 5) is 80.4. The van der Waals surface area contributed by atoms with Crippen LogP contribution in [-0.4, -0.2) is 123 Å². The quantitative estimate of drug-likeness (QED) is 0.0200. The van der Waals surface area contributed by atoms with E-state index in [1.807, 2.05) is 0 Å². The average Bonchev–Trinajstić information content (AvgIpc) is 3.21. The first-order valence-corrected chi connectivity index (χ1v) is 21.0. The van der Waals surface area contributed by atoms with Crippen LogP contribution in [0.2, 0.25) is 0 Å². The lowest BCUT2D eigenvalue weighted by Crippen LogP contribution is -2.41. The Kier molecular flexibility index (Phi) is 32.1. The number of amides is 3. The summed E-state index contributed by atoms with van der Waals surface area (Å²) in [5, 5.41) is 36.6. The highest BCUT2D eigenvalue weighted by atomic mass is 16.6. The number of non-ortho nitro benzene ring substituents is 1. The fourth-order valence-electron chi connectivity index (χ4n) is 5.70. The maximum absolute atomic E-state index is 12.3. The van der Waals surface area contributed by atoms with Gasteiger partial charge in [0.05, 0.1) is 44.6 Å². The highest BCUT2D eigenvalue weighted by Crippen LogP contribution is 2.17. The average molecular weight is 855 g/mol. The van der Waals surface area contributed by atoms with E-state index >= 15 is 0 Å². The van der Waals surface area contributed by atoms with E-state index in [2.05, 4.69) is 16.0 Å². The number of carbonyl (C=O) groups is 6. The molecule has 0 bridgehead atoms. The Balaban J connectivity index is 1.92. The molecule has 1 rings (SSSR count). The zero-order valence-electron chi connectivity index (χ0n) is 34.8. The van der Waals surface area contributed by atoms with Gasteiger partial charge in [0.1, 0.15) is 25.0 Å². The van der Waals surface area contributed by atoms with Gasteiger partial charge in [-0.05, 0) is 31.4 Å². The normalized spacial score (nSPS) is 11.4. The molecule has 1 aromatic carbocycles. The smallest absolute Gasteiger partial charge is 0.337 e. The number of aliphatic carboxylic acids is 2. The molecule has 0 fully saturated rings. The predicted octanol–water partition coefficient (Wildman–Crippen LogP) is 4.47. The van der Waals surface area contributed by atoms with Crippen LogP contribution >= 0.6 is 0 Å². The monoisotopic (exact) mass is 854 g/mol. The van der Waals surface area contributed by atoms with Crippen molar-refractivity contribution in [3.05, 3.63) is 34.4 Å². The molecule has 0 radical (unpaired) electrons. The van der Waals surface area contributed by atoms with Gasteiger partial charge in [-0.15, -0.1) is 0 Å². The number of carboxylic acids is 2. The molecular weight excluding hydrogens is 788 g/mol. The van der Waals surface area contributed by atoms with Crippen molar-refractivity contribution in [1.29, 1.82) is 0 Å². The number of nitro benzene ring substituents is 1. The Morgan fingerprint density at radius 3 is 1.53 bits per heavy atom. The van der Waals surface area contributed by atoms with Gasteiger partial charge in [-0.1, -0.05) is 77.0 Å². The van der Waals surface area contributed by atoms with E-state index in [0.29, 0.717) is 6.42 Å². The molecule has 5 N–H and O–H groups in total. The summed E-state index contributed by atoms with van der Waals surface area (Å²) < 4.78 is 26.1. The van der Waals surface area contributed by atoms with Crippen LogP contribution in [0.3, 0.4) is 0 Å². The second-order valence-electron chi connectivity index (χ2n) is 14.1. The van der Waals surface area contributed by atoms with Gasteiger partial charge < -0.3 is 49.8 Å². The van der Waals surface area contributed by atoms with E-state index in [9.17, 15) is 44.0 Å². The summed E-state index contributed by atoms with van der Waals surface area (Å²) >= 11 is 0. The fraction of sp³-hybridized carbons (Fsp3) is 0.707. The van der Waals surface area contributed by atoms with E-state index in [0.717, 1.165) is 44.9 Å². The van der Waals surface area contributed by atoms with Crippen LogP contribution in [0.15, 0.2) is 24.3 Å². The molecule has 19 nitrogen and oxygen atoms in total. The van der Waals surface area contributed by atoms with E-state index in [4.69, 9.17) is 28.8 Å². The highest BCUT2D eigenvalue weighted by molar-refractivity contribution is 5.84. The minimum Gasteiger partial charge on any atom is -0.481 e. The molecular formula is C41H66N4O15. The van der Waals surface area contributed by atoms with Crippen molar-refractivity contribution in [1.82, 2.24) is 16.0 Å². The Morgan fingerprint density at radius 2 is 1.03 bits per heavy atom. The SMILES string of the molecule is O=C(O)CCCCCCCCCCCCCCCCC(=O)NC(CCC(=O)NCCOCCOCC(=O)NCCOCCOCC(=O)Oc1ccc([N+](=O)[O-])cc1)C(=O)O. The van der Waals surface area contributed by atoms with Gasteiger partial charge >= 0.3 is 17.9 Å². The summed E-state index contributed by atoms with van der Waals surface area (Å²) in [5.74, 6) is -3.49. The third-order valence-corrected chi connectivity index (χ3v) is 8.95. The second kappa shape index (κ2) is 36.2. The minimum atomic E-state index is -1.19. The lowest BCUT2D eigenvalue weighted by atomic mass is 10.0. The maximum Gasteiger partial charge on any atom is 0.337 e. The summed E-state index contributed by atoms with van der Waals surface area (Å²) in [5.41, 5.74) is -0.123. The Hall–Kier alpha value is -4.72. The van der Waals surface area contributed by atoms with Crippen molar-refractivity contribution in [2.45, 2.75) is 122 Å². The Bertz CT molecular complexity index is 1380. The van der Waals surface area contributed by atoms with Crippen LogP contribution < -0.4 is 20.7 Å². The topological polar surface area (TPSA) is 268 Å². The van der Waals surface area contributed by atoms with E-state index < -0.39 is 28.9 Å². The van der Waals surface area contributed by atoms with Gasteiger partial charge in [0, 0.05) is 44.5 Å². The number of nitrogens with zero attached hydrogens (tertiary/aromatic N) is 1. The molecule has 0 aromatic heterocycles. The molecule has 0 saturated carbocycles. The van der Waals surface area contributed by atoms with Gasteiger partial charge in [-0.25, -0.2) is 9.59 Å². The van der Waals surface area contributed by atoms with Gasteiger partial charge in [-0.3, -0.25) is 29.3 Å². The van der Waals surface area contributed by atoms with Gasteiger partial charge in [0.2, 0.25) is 17.7 Å². The highest BCUT2D eigenvalue weighted by Gasteiger charge is 2.21.